The van der Waals surface area contributed by atoms with Crippen molar-refractivity contribution in [2.75, 3.05) is 13.2 Å². The normalized spacial score (nSPS) is 21.3. The maximum atomic E-state index is 13.1. The standard InChI is InChI=1S/C53H99NO10/c1-3-5-7-9-11-13-15-17-19-21-22-23-24-25-27-28-30-32-34-36-38-40-45(56)48(58)44(43-63-53-51(61)50(60)49(59)47(42-55)64-53)54-52(62)46(57)41-39-37-35-33-31-29-26-20-18-16-14-12-10-8-6-4-2/h21-22,25,27,32,34,44-51,53,55-61H,3-20,23-24,26,28-31,33,35-43H2,1-2H3,(H,54,62)/b22-21+,27-25+,34-32+. The smallest absolute Gasteiger partial charge is 0.249 e. The number of aliphatic hydroxyl groups excluding tert-OH is 7. The van der Waals surface area contributed by atoms with Crippen LogP contribution in [0.3, 0.4) is 0 Å². The van der Waals surface area contributed by atoms with Gasteiger partial charge in [0.05, 0.1) is 25.4 Å². The zero-order chi connectivity index (χ0) is 46.9. The van der Waals surface area contributed by atoms with Crippen molar-refractivity contribution in [1.29, 1.82) is 0 Å². The van der Waals surface area contributed by atoms with Crippen molar-refractivity contribution in [2.24, 2.45) is 0 Å². The minimum atomic E-state index is -1.67. The molecule has 11 heteroatoms. The Kier molecular flexibility index (Phi) is 40.2. The molecule has 0 aliphatic carbocycles. The highest BCUT2D eigenvalue weighted by Crippen LogP contribution is 2.23. The van der Waals surface area contributed by atoms with Crippen LogP contribution in [0.2, 0.25) is 0 Å². The van der Waals surface area contributed by atoms with E-state index in [0.717, 1.165) is 44.9 Å². The largest absolute Gasteiger partial charge is 0.394 e. The van der Waals surface area contributed by atoms with Crippen LogP contribution in [-0.4, -0.2) is 110 Å². The van der Waals surface area contributed by atoms with Gasteiger partial charge in [-0.3, -0.25) is 4.79 Å². The van der Waals surface area contributed by atoms with Crippen molar-refractivity contribution in [3.63, 3.8) is 0 Å². The summed E-state index contributed by atoms with van der Waals surface area (Å²) in [5.41, 5.74) is 0. The molecule has 8 N–H and O–H groups in total. The number of rotatable bonds is 44. The molecule has 1 rings (SSSR count). The van der Waals surface area contributed by atoms with E-state index in [1.54, 1.807) is 0 Å². The van der Waals surface area contributed by atoms with Crippen LogP contribution in [0.5, 0.6) is 0 Å². The molecule has 0 aromatic carbocycles. The summed E-state index contributed by atoms with van der Waals surface area (Å²) in [5.74, 6) is -0.711. The average molecular weight is 910 g/mol. The van der Waals surface area contributed by atoms with Crippen molar-refractivity contribution in [2.45, 2.75) is 281 Å². The molecule has 1 aliphatic heterocycles. The number of unbranched alkanes of at least 4 members (excludes halogenated alkanes) is 26. The van der Waals surface area contributed by atoms with Gasteiger partial charge in [-0.05, 0) is 64.2 Å². The Morgan fingerprint density at radius 3 is 1.39 bits per heavy atom. The Labute approximate surface area is 390 Å². The minimum absolute atomic E-state index is 0.242. The lowest BCUT2D eigenvalue weighted by Crippen LogP contribution is -2.60. The third kappa shape index (κ3) is 31.3. The molecule has 0 saturated carbocycles. The third-order valence-electron chi connectivity index (χ3n) is 12.7. The van der Waals surface area contributed by atoms with Gasteiger partial charge in [0.2, 0.25) is 5.91 Å². The van der Waals surface area contributed by atoms with Crippen LogP contribution in [0, 0.1) is 0 Å². The molecule has 9 unspecified atom stereocenters. The van der Waals surface area contributed by atoms with Crippen LogP contribution in [0.1, 0.15) is 226 Å². The van der Waals surface area contributed by atoms with Gasteiger partial charge >= 0.3 is 0 Å². The molecule has 0 radical (unpaired) electrons. The van der Waals surface area contributed by atoms with Gasteiger partial charge in [0.15, 0.2) is 6.29 Å². The second kappa shape index (κ2) is 42.7. The van der Waals surface area contributed by atoms with E-state index in [9.17, 15) is 40.5 Å². The second-order valence-corrected chi connectivity index (χ2v) is 18.6. The van der Waals surface area contributed by atoms with Crippen molar-refractivity contribution in [3.8, 4) is 0 Å². The molecule has 11 nitrogen and oxygen atoms in total. The lowest BCUT2D eigenvalue weighted by Gasteiger charge is -2.40. The zero-order valence-corrected chi connectivity index (χ0v) is 40.8. The zero-order valence-electron chi connectivity index (χ0n) is 40.8. The topological polar surface area (TPSA) is 189 Å². The van der Waals surface area contributed by atoms with Crippen LogP contribution in [-0.2, 0) is 14.3 Å². The first-order valence-electron chi connectivity index (χ1n) is 26.4. The molecule has 9 atom stereocenters. The Morgan fingerprint density at radius 1 is 0.531 bits per heavy atom. The predicted octanol–water partition coefficient (Wildman–Crippen LogP) is 9.95. The van der Waals surface area contributed by atoms with E-state index in [-0.39, 0.29) is 12.8 Å². The summed E-state index contributed by atoms with van der Waals surface area (Å²) in [7, 11) is 0. The molecule has 1 amide bonds. The summed E-state index contributed by atoms with van der Waals surface area (Å²) >= 11 is 0. The summed E-state index contributed by atoms with van der Waals surface area (Å²) in [4.78, 5) is 13.1. The van der Waals surface area contributed by atoms with Crippen molar-refractivity contribution in [3.05, 3.63) is 36.5 Å². The highest BCUT2D eigenvalue weighted by atomic mass is 16.7. The van der Waals surface area contributed by atoms with Gasteiger partial charge in [0, 0.05) is 0 Å². The Balaban J connectivity index is 2.42. The van der Waals surface area contributed by atoms with E-state index < -0.39 is 74.2 Å². The van der Waals surface area contributed by atoms with E-state index in [1.807, 2.05) is 0 Å². The summed E-state index contributed by atoms with van der Waals surface area (Å²) < 4.78 is 11.1. The molecule has 1 saturated heterocycles. The van der Waals surface area contributed by atoms with Gasteiger partial charge in [0.1, 0.15) is 36.6 Å². The number of hydrogen-bond acceptors (Lipinski definition) is 10. The van der Waals surface area contributed by atoms with Crippen LogP contribution >= 0.6 is 0 Å². The van der Waals surface area contributed by atoms with Crippen molar-refractivity contribution < 1.29 is 50.0 Å². The highest BCUT2D eigenvalue weighted by molar-refractivity contribution is 5.80. The highest BCUT2D eigenvalue weighted by Gasteiger charge is 2.44. The van der Waals surface area contributed by atoms with E-state index >= 15 is 0 Å². The molecular weight excluding hydrogens is 811 g/mol. The molecule has 376 valence electrons. The lowest BCUT2D eigenvalue weighted by atomic mass is 9.98. The summed E-state index contributed by atoms with van der Waals surface area (Å²) in [5, 5.41) is 75.9. The monoisotopic (exact) mass is 910 g/mol. The SMILES string of the molecule is CCCCCCCCCC/C=C/CC/C=C/CC/C=C/CCCC(O)C(O)C(COC1OC(CO)C(O)C(O)C1O)NC(=O)C(O)CCCCCCCCCCCCCCCCCC. The second-order valence-electron chi connectivity index (χ2n) is 18.6. The number of allylic oxidation sites excluding steroid dienone is 6. The van der Waals surface area contributed by atoms with Gasteiger partial charge in [-0.15, -0.1) is 0 Å². The Morgan fingerprint density at radius 2 is 0.938 bits per heavy atom. The van der Waals surface area contributed by atoms with Crippen LogP contribution in [0.4, 0.5) is 0 Å². The number of hydrogen-bond donors (Lipinski definition) is 8. The van der Waals surface area contributed by atoms with Crippen LogP contribution in [0.25, 0.3) is 0 Å². The molecule has 0 aromatic rings. The number of aliphatic hydroxyl groups is 7. The van der Waals surface area contributed by atoms with Gasteiger partial charge < -0.3 is 50.5 Å². The van der Waals surface area contributed by atoms with E-state index in [1.165, 1.54) is 135 Å². The fraction of sp³-hybridized carbons (Fsp3) is 0.868. The number of nitrogens with one attached hydrogen (secondary N) is 1. The van der Waals surface area contributed by atoms with Crippen molar-refractivity contribution in [1.82, 2.24) is 5.32 Å². The molecule has 0 aromatic heterocycles. The lowest BCUT2D eigenvalue weighted by molar-refractivity contribution is -0.303. The minimum Gasteiger partial charge on any atom is -0.394 e. The molecular formula is C53H99NO10. The predicted molar refractivity (Wildman–Crippen MR) is 261 cm³/mol. The fourth-order valence-electron chi connectivity index (χ4n) is 8.30. The molecule has 1 heterocycles. The van der Waals surface area contributed by atoms with Crippen LogP contribution in [0.15, 0.2) is 36.5 Å². The van der Waals surface area contributed by atoms with Crippen LogP contribution < -0.4 is 5.32 Å². The number of carbonyl (C=O) groups excluding carboxylic acids is 1. The molecule has 1 aliphatic rings. The summed E-state index contributed by atoms with van der Waals surface area (Å²) in [6.07, 6.45) is 39.0. The fourth-order valence-corrected chi connectivity index (χ4v) is 8.30. The van der Waals surface area contributed by atoms with E-state index in [2.05, 4.69) is 55.6 Å². The summed E-state index contributed by atoms with van der Waals surface area (Å²) in [6, 6.07) is -1.19. The number of amides is 1. The first-order valence-corrected chi connectivity index (χ1v) is 26.4. The molecule has 64 heavy (non-hydrogen) atoms. The average Bonchev–Trinajstić information content (AvgIpc) is 3.29. The van der Waals surface area contributed by atoms with Crippen molar-refractivity contribution >= 4 is 5.91 Å². The first kappa shape index (κ1) is 60.3. The van der Waals surface area contributed by atoms with Gasteiger partial charge in [0.25, 0.3) is 0 Å². The number of carbonyl (C=O) groups is 1. The maximum Gasteiger partial charge on any atom is 0.249 e. The molecule has 1 fully saturated rings. The van der Waals surface area contributed by atoms with Gasteiger partial charge in [-0.1, -0.05) is 198 Å². The molecule has 0 bridgehead atoms. The van der Waals surface area contributed by atoms with Gasteiger partial charge in [-0.2, -0.15) is 0 Å². The third-order valence-corrected chi connectivity index (χ3v) is 12.7. The number of ether oxygens (including phenoxy) is 2. The molecule has 0 spiro atoms. The summed E-state index contributed by atoms with van der Waals surface area (Å²) in [6.45, 7) is 3.43. The maximum absolute atomic E-state index is 13.1. The Bertz CT molecular complexity index is 1130. The van der Waals surface area contributed by atoms with E-state index in [4.69, 9.17) is 9.47 Å². The first-order chi connectivity index (χ1) is 31.2. The van der Waals surface area contributed by atoms with E-state index in [0.29, 0.717) is 19.3 Å². The quantitative estimate of drug-likeness (QED) is 0.0216. The van der Waals surface area contributed by atoms with Gasteiger partial charge in [-0.25, -0.2) is 0 Å². The Hall–Kier alpha value is -1.67.